The van der Waals surface area contributed by atoms with E-state index in [-0.39, 0.29) is 17.8 Å². The molecule has 2 N–H and O–H groups in total. The monoisotopic (exact) mass is 231 g/mol. The Bertz CT molecular complexity index is 606. The summed E-state index contributed by atoms with van der Waals surface area (Å²) >= 11 is 0. The molecule has 2 rings (SSSR count). The highest BCUT2D eigenvalue weighted by atomic mass is 16.4. The van der Waals surface area contributed by atoms with Crippen molar-refractivity contribution in [3.63, 3.8) is 0 Å². The summed E-state index contributed by atoms with van der Waals surface area (Å²) in [7, 11) is 0. The van der Waals surface area contributed by atoms with E-state index in [9.17, 15) is 9.59 Å². The summed E-state index contributed by atoms with van der Waals surface area (Å²) < 4.78 is 0. The predicted octanol–water partition coefficient (Wildman–Crippen LogP) is 1.56. The third-order valence-corrected chi connectivity index (χ3v) is 2.36. The number of fused-ring (bicyclic) bond motifs is 1. The van der Waals surface area contributed by atoms with Gasteiger partial charge >= 0.3 is 11.9 Å². The lowest BCUT2D eigenvalue weighted by molar-refractivity contribution is -0.136. The Morgan fingerprint density at radius 2 is 1.88 bits per heavy atom. The van der Waals surface area contributed by atoms with Crippen molar-refractivity contribution < 1.29 is 19.8 Å². The minimum Gasteiger partial charge on any atom is -0.481 e. The Labute approximate surface area is 96.3 Å². The van der Waals surface area contributed by atoms with Crippen molar-refractivity contribution in [2.45, 2.75) is 6.42 Å². The average molecular weight is 231 g/mol. The zero-order valence-electron chi connectivity index (χ0n) is 8.75. The van der Waals surface area contributed by atoms with Gasteiger partial charge in [0, 0.05) is 5.39 Å². The third-order valence-electron chi connectivity index (χ3n) is 2.36. The van der Waals surface area contributed by atoms with Gasteiger partial charge in [-0.3, -0.25) is 4.79 Å². The fourth-order valence-corrected chi connectivity index (χ4v) is 1.66. The van der Waals surface area contributed by atoms with Crippen LogP contribution < -0.4 is 0 Å². The SMILES string of the molecule is O=C(O)Cc1nc(C(=O)O)cc2ccccc12. The third kappa shape index (κ3) is 2.23. The molecule has 0 radical (unpaired) electrons. The molecule has 0 aliphatic rings. The highest BCUT2D eigenvalue weighted by Gasteiger charge is 2.12. The van der Waals surface area contributed by atoms with Gasteiger partial charge in [0.2, 0.25) is 0 Å². The van der Waals surface area contributed by atoms with E-state index >= 15 is 0 Å². The highest BCUT2D eigenvalue weighted by molar-refractivity contribution is 5.94. The molecule has 0 saturated heterocycles. The normalized spacial score (nSPS) is 10.4. The number of pyridine rings is 1. The summed E-state index contributed by atoms with van der Waals surface area (Å²) in [6.07, 6.45) is -0.290. The molecule has 0 spiro atoms. The molecule has 17 heavy (non-hydrogen) atoms. The number of carbonyl (C=O) groups is 2. The lowest BCUT2D eigenvalue weighted by Gasteiger charge is -2.05. The molecule has 0 atom stereocenters. The van der Waals surface area contributed by atoms with Crippen LogP contribution in [0.2, 0.25) is 0 Å². The van der Waals surface area contributed by atoms with Crippen molar-refractivity contribution in [2.75, 3.05) is 0 Å². The van der Waals surface area contributed by atoms with Crippen LogP contribution in [0.3, 0.4) is 0 Å². The van der Waals surface area contributed by atoms with Gasteiger partial charge in [-0.15, -0.1) is 0 Å². The Hall–Kier alpha value is -2.43. The molecule has 1 heterocycles. The number of hydrogen-bond donors (Lipinski definition) is 2. The lowest BCUT2D eigenvalue weighted by Crippen LogP contribution is -2.08. The van der Waals surface area contributed by atoms with E-state index in [0.717, 1.165) is 0 Å². The predicted molar refractivity (Wildman–Crippen MR) is 60.0 cm³/mol. The summed E-state index contributed by atoms with van der Waals surface area (Å²) in [6, 6.07) is 8.42. The maximum Gasteiger partial charge on any atom is 0.354 e. The zero-order valence-corrected chi connectivity index (χ0v) is 8.75. The summed E-state index contributed by atoms with van der Waals surface area (Å²) in [5.74, 6) is -2.20. The van der Waals surface area contributed by atoms with Crippen LogP contribution >= 0.6 is 0 Å². The average Bonchev–Trinajstić information content (AvgIpc) is 2.28. The molecule has 0 aliphatic carbocycles. The summed E-state index contributed by atoms with van der Waals surface area (Å²) in [6.45, 7) is 0. The molecular weight excluding hydrogens is 222 g/mol. The van der Waals surface area contributed by atoms with Crippen LogP contribution in [-0.2, 0) is 11.2 Å². The van der Waals surface area contributed by atoms with Gasteiger partial charge in [-0.05, 0) is 11.5 Å². The maximum atomic E-state index is 10.9. The molecule has 5 heteroatoms. The van der Waals surface area contributed by atoms with Crippen molar-refractivity contribution in [1.82, 2.24) is 4.98 Å². The van der Waals surface area contributed by atoms with Crippen LogP contribution in [0.4, 0.5) is 0 Å². The van der Waals surface area contributed by atoms with E-state index in [1.807, 2.05) is 0 Å². The van der Waals surface area contributed by atoms with Gasteiger partial charge in [-0.25, -0.2) is 9.78 Å². The van der Waals surface area contributed by atoms with Crippen molar-refractivity contribution >= 4 is 22.7 Å². The fourth-order valence-electron chi connectivity index (χ4n) is 1.66. The molecule has 0 amide bonds. The van der Waals surface area contributed by atoms with E-state index in [2.05, 4.69) is 4.98 Å². The van der Waals surface area contributed by atoms with Gasteiger partial charge in [-0.1, -0.05) is 24.3 Å². The number of benzene rings is 1. The summed E-state index contributed by atoms with van der Waals surface area (Å²) in [5, 5.41) is 19.0. The number of hydrogen-bond acceptors (Lipinski definition) is 3. The second-order valence-corrected chi connectivity index (χ2v) is 3.55. The van der Waals surface area contributed by atoms with E-state index in [0.29, 0.717) is 10.8 Å². The number of aromatic carboxylic acids is 1. The molecule has 0 fully saturated rings. The van der Waals surface area contributed by atoms with E-state index in [1.165, 1.54) is 6.07 Å². The molecule has 0 unspecified atom stereocenters. The molecule has 86 valence electrons. The minimum absolute atomic E-state index is 0.139. The van der Waals surface area contributed by atoms with Crippen LogP contribution in [0.15, 0.2) is 30.3 Å². The van der Waals surface area contributed by atoms with Crippen LogP contribution in [-0.4, -0.2) is 27.1 Å². The van der Waals surface area contributed by atoms with Crippen molar-refractivity contribution in [1.29, 1.82) is 0 Å². The Balaban J connectivity index is 2.68. The zero-order chi connectivity index (χ0) is 12.4. The van der Waals surface area contributed by atoms with E-state index in [4.69, 9.17) is 10.2 Å². The number of aromatic nitrogens is 1. The molecule has 5 nitrogen and oxygen atoms in total. The minimum atomic E-state index is -1.16. The topological polar surface area (TPSA) is 87.5 Å². The van der Waals surface area contributed by atoms with E-state index in [1.54, 1.807) is 24.3 Å². The first-order chi connectivity index (χ1) is 8.08. The van der Waals surface area contributed by atoms with Crippen LogP contribution in [0.1, 0.15) is 16.2 Å². The lowest BCUT2D eigenvalue weighted by atomic mass is 10.1. The number of aliphatic carboxylic acids is 1. The number of rotatable bonds is 3. The van der Waals surface area contributed by atoms with Gasteiger partial charge in [0.1, 0.15) is 5.69 Å². The Kier molecular flexibility index (Phi) is 2.74. The van der Waals surface area contributed by atoms with Gasteiger partial charge < -0.3 is 10.2 Å². The second kappa shape index (κ2) is 4.21. The molecule has 1 aromatic heterocycles. The first-order valence-electron chi connectivity index (χ1n) is 4.91. The molecule has 0 aliphatic heterocycles. The van der Waals surface area contributed by atoms with Gasteiger partial charge in [0.15, 0.2) is 0 Å². The molecule has 2 aromatic rings. The van der Waals surface area contributed by atoms with Gasteiger partial charge in [0.25, 0.3) is 0 Å². The van der Waals surface area contributed by atoms with Crippen LogP contribution in [0.5, 0.6) is 0 Å². The van der Waals surface area contributed by atoms with Crippen LogP contribution in [0.25, 0.3) is 10.8 Å². The fraction of sp³-hybridized carbons (Fsp3) is 0.0833. The summed E-state index contributed by atoms with van der Waals surface area (Å²) in [5.41, 5.74) is 0.132. The molecular formula is C12H9NO4. The van der Waals surface area contributed by atoms with Crippen LogP contribution in [0, 0.1) is 0 Å². The number of nitrogens with zero attached hydrogens (tertiary/aromatic N) is 1. The summed E-state index contributed by atoms with van der Waals surface area (Å²) in [4.78, 5) is 25.4. The Morgan fingerprint density at radius 3 is 2.53 bits per heavy atom. The van der Waals surface area contributed by atoms with Crippen molar-refractivity contribution in [2.24, 2.45) is 0 Å². The van der Waals surface area contributed by atoms with Crippen molar-refractivity contribution in [3.05, 3.63) is 41.7 Å². The first-order valence-corrected chi connectivity index (χ1v) is 4.91. The molecule has 0 saturated carbocycles. The standard InChI is InChI=1S/C12H9NO4/c14-11(15)6-9-8-4-2-1-3-7(8)5-10(13-9)12(16)17/h1-5H,6H2,(H,14,15)(H,16,17). The first kappa shape index (κ1) is 11.1. The van der Waals surface area contributed by atoms with Crippen molar-refractivity contribution in [3.8, 4) is 0 Å². The highest BCUT2D eigenvalue weighted by Crippen LogP contribution is 2.19. The molecule has 0 bridgehead atoms. The smallest absolute Gasteiger partial charge is 0.354 e. The molecule has 1 aromatic carbocycles. The number of carboxylic acid groups (broad SMARTS) is 2. The van der Waals surface area contributed by atoms with Gasteiger partial charge in [0.05, 0.1) is 12.1 Å². The van der Waals surface area contributed by atoms with E-state index < -0.39 is 11.9 Å². The second-order valence-electron chi connectivity index (χ2n) is 3.55. The Morgan fingerprint density at radius 1 is 1.18 bits per heavy atom. The van der Waals surface area contributed by atoms with Gasteiger partial charge in [-0.2, -0.15) is 0 Å². The maximum absolute atomic E-state index is 10.9. The largest absolute Gasteiger partial charge is 0.481 e. The quantitative estimate of drug-likeness (QED) is 0.836. The number of carboxylic acids is 2.